The van der Waals surface area contributed by atoms with Crippen molar-refractivity contribution in [2.24, 2.45) is 0 Å². The van der Waals surface area contributed by atoms with E-state index in [1.165, 1.54) is 4.90 Å². The maximum Gasteiger partial charge on any atom is 0.389 e. The Morgan fingerprint density at radius 3 is 2.96 bits per heavy atom. The summed E-state index contributed by atoms with van der Waals surface area (Å²) in [6.45, 7) is 2.68. The Balaban J connectivity index is 1.91. The molecule has 0 bridgehead atoms. The highest BCUT2D eigenvalue weighted by Crippen LogP contribution is 2.28. The van der Waals surface area contributed by atoms with Crippen LogP contribution in [0.3, 0.4) is 0 Å². The van der Waals surface area contributed by atoms with Crippen LogP contribution in [0.4, 0.5) is 13.2 Å². The van der Waals surface area contributed by atoms with Gasteiger partial charge in [0.1, 0.15) is 6.10 Å². The maximum absolute atomic E-state index is 12.3. The number of amides is 1. The van der Waals surface area contributed by atoms with Crippen LogP contribution >= 0.6 is 11.6 Å². The summed E-state index contributed by atoms with van der Waals surface area (Å²) in [4.78, 5) is 17.4. The molecule has 2 rings (SSSR count). The number of aromatic nitrogens is 1. The summed E-state index contributed by atoms with van der Waals surface area (Å²) in [6.07, 6.45) is 0.672. The third-order valence-electron chi connectivity index (χ3n) is 4.53. The molecule has 2 heterocycles. The molecule has 0 aliphatic carbocycles. The van der Waals surface area contributed by atoms with E-state index in [0.29, 0.717) is 24.8 Å². The fourth-order valence-electron chi connectivity index (χ4n) is 2.78. The van der Waals surface area contributed by atoms with Crippen molar-refractivity contribution in [2.45, 2.75) is 50.9 Å². The highest BCUT2D eigenvalue weighted by atomic mass is 35.5. The van der Waals surface area contributed by atoms with Crippen LogP contribution < -0.4 is 10.1 Å². The number of alkyl halides is 3. The van der Waals surface area contributed by atoms with Crippen LogP contribution in [0.2, 0.25) is 5.15 Å². The average molecular weight is 420 g/mol. The lowest BCUT2D eigenvalue weighted by atomic mass is 10.2. The van der Waals surface area contributed by atoms with Crippen LogP contribution in [0.25, 0.3) is 6.08 Å². The predicted octanol–water partition coefficient (Wildman–Crippen LogP) is 4.07. The van der Waals surface area contributed by atoms with Crippen molar-refractivity contribution in [3.05, 3.63) is 29.1 Å². The van der Waals surface area contributed by atoms with Crippen molar-refractivity contribution in [1.29, 1.82) is 0 Å². The first-order valence-electron chi connectivity index (χ1n) is 9.18. The Morgan fingerprint density at radius 1 is 1.54 bits per heavy atom. The number of nitrogens with zero attached hydrogens (tertiary/aromatic N) is 2. The number of hydrogen-bond acceptors (Lipinski definition) is 4. The summed E-state index contributed by atoms with van der Waals surface area (Å²) in [5.74, 6) is -0.108. The van der Waals surface area contributed by atoms with E-state index in [4.69, 9.17) is 16.3 Å². The lowest BCUT2D eigenvalue weighted by molar-refractivity contribution is -0.148. The van der Waals surface area contributed by atoms with Crippen LogP contribution in [0, 0.1) is 0 Å². The molecule has 5 nitrogen and oxygen atoms in total. The lowest BCUT2D eigenvalue weighted by Gasteiger charge is -2.18. The molecular formula is C19H25ClF3N3O2. The summed E-state index contributed by atoms with van der Waals surface area (Å²) in [5, 5.41) is 3.35. The van der Waals surface area contributed by atoms with Crippen LogP contribution in [-0.2, 0) is 4.79 Å². The van der Waals surface area contributed by atoms with Crippen LogP contribution in [0.5, 0.6) is 5.75 Å². The molecule has 156 valence electrons. The van der Waals surface area contributed by atoms with Crippen molar-refractivity contribution in [3.63, 3.8) is 0 Å². The Labute approximate surface area is 167 Å². The SMILES string of the molecule is CN[C@@H](C)C/C=C/c1cnc(Cl)c(O[C@H]2CCN(C(=O)CCC(F)(F)F)C2)c1. The molecule has 1 amide bonds. The average Bonchev–Trinajstić information content (AvgIpc) is 3.10. The molecule has 1 fully saturated rings. The number of likely N-dealkylation sites (tertiary alicyclic amines) is 1. The van der Waals surface area contributed by atoms with E-state index in [9.17, 15) is 18.0 Å². The van der Waals surface area contributed by atoms with Crippen molar-refractivity contribution in [3.8, 4) is 5.75 Å². The smallest absolute Gasteiger partial charge is 0.389 e. The summed E-state index contributed by atoms with van der Waals surface area (Å²) < 4.78 is 42.7. The Bertz CT molecular complexity index is 697. The maximum atomic E-state index is 12.3. The van der Waals surface area contributed by atoms with Gasteiger partial charge < -0.3 is 15.0 Å². The zero-order chi connectivity index (χ0) is 20.7. The van der Waals surface area contributed by atoms with Crippen molar-refractivity contribution in [1.82, 2.24) is 15.2 Å². The Hall–Kier alpha value is -1.80. The third kappa shape index (κ3) is 7.31. The quantitative estimate of drug-likeness (QED) is 0.645. The molecule has 9 heteroatoms. The molecule has 0 aromatic carbocycles. The number of carbonyl (C=O) groups excluding carboxylic acids is 1. The molecule has 0 saturated carbocycles. The van der Waals surface area contributed by atoms with Crippen LogP contribution in [0.15, 0.2) is 18.3 Å². The Kier molecular flexibility index (Phi) is 8.12. The summed E-state index contributed by atoms with van der Waals surface area (Å²) in [5.41, 5.74) is 0.832. The number of ether oxygens (including phenoxy) is 1. The van der Waals surface area contributed by atoms with Gasteiger partial charge in [0.2, 0.25) is 5.91 Å². The first-order valence-corrected chi connectivity index (χ1v) is 9.56. The van der Waals surface area contributed by atoms with Crippen LogP contribution in [0.1, 0.15) is 38.2 Å². The molecule has 1 N–H and O–H groups in total. The lowest BCUT2D eigenvalue weighted by Crippen LogP contribution is -2.31. The first-order chi connectivity index (χ1) is 13.2. The highest BCUT2D eigenvalue weighted by molar-refractivity contribution is 6.30. The van der Waals surface area contributed by atoms with Gasteiger partial charge in [-0.15, -0.1) is 0 Å². The van der Waals surface area contributed by atoms with Gasteiger partial charge in [-0.05, 0) is 32.0 Å². The summed E-state index contributed by atoms with van der Waals surface area (Å²) >= 11 is 6.10. The molecule has 1 aliphatic rings. The van der Waals surface area contributed by atoms with Gasteiger partial charge in [-0.3, -0.25) is 4.79 Å². The molecule has 28 heavy (non-hydrogen) atoms. The minimum atomic E-state index is -4.33. The van der Waals surface area contributed by atoms with E-state index in [2.05, 4.69) is 17.2 Å². The van der Waals surface area contributed by atoms with E-state index in [1.54, 1.807) is 12.3 Å². The van der Waals surface area contributed by atoms with E-state index >= 15 is 0 Å². The van der Waals surface area contributed by atoms with E-state index in [1.807, 2.05) is 19.2 Å². The van der Waals surface area contributed by atoms with Crippen molar-refractivity contribution >= 4 is 23.6 Å². The van der Waals surface area contributed by atoms with Gasteiger partial charge in [-0.25, -0.2) is 4.98 Å². The van der Waals surface area contributed by atoms with Gasteiger partial charge in [0.15, 0.2) is 10.9 Å². The minimum Gasteiger partial charge on any atom is -0.485 e. The molecule has 1 aliphatic heterocycles. The molecular weight excluding hydrogens is 395 g/mol. The molecule has 1 aromatic rings. The number of carbonyl (C=O) groups is 1. The predicted molar refractivity (Wildman–Crippen MR) is 102 cm³/mol. The fraction of sp³-hybridized carbons (Fsp3) is 0.579. The van der Waals surface area contributed by atoms with Gasteiger partial charge >= 0.3 is 6.18 Å². The van der Waals surface area contributed by atoms with Gasteiger partial charge in [0.25, 0.3) is 0 Å². The number of rotatable bonds is 8. The summed E-state index contributed by atoms with van der Waals surface area (Å²) in [7, 11) is 1.90. The van der Waals surface area contributed by atoms with E-state index < -0.39 is 24.9 Å². The molecule has 0 unspecified atom stereocenters. The fourth-order valence-corrected chi connectivity index (χ4v) is 2.93. The largest absolute Gasteiger partial charge is 0.485 e. The standard InChI is InChI=1S/C19H25ClF3N3O2/c1-13(24-2)4-3-5-14-10-16(18(20)25-11-14)28-15-7-9-26(12-15)17(27)6-8-19(21,22)23/h3,5,10-11,13,15,24H,4,6-9,12H2,1-2H3/b5-3+/t13-,15-/m0/s1. The molecule has 1 saturated heterocycles. The third-order valence-corrected chi connectivity index (χ3v) is 4.82. The second kappa shape index (κ2) is 10.1. The Morgan fingerprint density at radius 2 is 2.29 bits per heavy atom. The molecule has 2 atom stereocenters. The van der Waals surface area contributed by atoms with Gasteiger partial charge in [-0.2, -0.15) is 13.2 Å². The van der Waals surface area contributed by atoms with Gasteiger partial charge in [0.05, 0.1) is 13.0 Å². The van der Waals surface area contributed by atoms with Gasteiger partial charge in [-0.1, -0.05) is 23.8 Å². The van der Waals surface area contributed by atoms with E-state index in [0.717, 1.165) is 12.0 Å². The second-order valence-electron chi connectivity index (χ2n) is 6.87. The zero-order valence-electron chi connectivity index (χ0n) is 15.9. The monoisotopic (exact) mass is 419 g/mol. The van der Waals surface area contributed by atoms with Gasteiger partial charge in [0, 0.05) is 31.6 Å². The molecule has 0 radical (unpaired) electrons. The normalized spacial score (nSPS) is 18.6. The number of halogens is 4. The minimum absolute atomic E-state index is 0.211. The van der Waals surface area contributed by atoms with Crippen molar-refractivity contribution < 1.29 is 22.7 Å². The zero-order valence-corrected chi connectivity index (χ0v) is 16.7. The molecule has 1 aromatic heterocycles. The first kappa shape index (κ1) is 22.5. The molecule has 0 spiro atoms. The second-order valence-corrected chi connectivity index (χ2v) is 7.23. The topological polar surface area (TPSA) is 54.5 Å². The summed E-state index contributed by atoms with van der Waals surface area (Å²) in [6, 6.07) is 2.12. The number of hydrogen-bond donors (Lipinski definition) is 1. The van der Waals surface area contributed by atoms with Crippen LogP contribution in [-0.4, -0.2) is 54.3 Å². The number of pyridine rings is 1. The van der Waals surface area contributed by atoms with Crippen molar-refractivity contribution in [2.75, 3.05) is 20.1 Å². The number of nitrogens with one attached hydrogen (secondary N) is 1. The highest BCUT2D eigenvalue weighted by Gasteiger charge is 2.32. The van der Waals surface area contributed by atoms with E-state index in [-0.39, 0.29) is 17.8 Å².